The summed E-state index contributed by atoms with van der Waals surface area (Å²) >= 11 is 0. The molecular formula is C14H15NO2. The van der Waals surface area contributed by atoms with Gasteiger partial charge in [0.25, 0.3) is 0 Å². The standard InChI is InChI=1S/C14H15NO2/c15-13-6-12(9-16)7-14(8-13)17-10-11-4-2-1-3-5-11/h1-8,16H,9-10,15H2. The summed E-state index contributed by atoms with van der Waals surface area (Å²) in [6.07, 6.45) is 0. The number of aliphatic hydroxyl groups excluding tert-OH is 1. The smallest absolute Gasteiger partial charge is 0.122 e. The summed E-state index contributed by atoms with van der Waals surface area (Å²) in [6.45, 7) is 0.460. The molecule has 0 unspecified atom stereocenters. The van der Waals surface area contributed by atoms with Crippen molar-refractivity contribution >= 4 is 5.69 Å². The van der Waals surface area contributed by atoms with Gasteiger partial charge in [0, 0.05) is 11.8 Å². The summed E-state index contributed by atoms with van der Waals surface area (Å²) in [5, 5.41) is 9.06. The van der Waals surface area contributed by atoms with Gasteiger partial charge in [0.15, 0.2) is 0 Å². The lowest BCUT2D eigenvalue weighted by Gasteiger charge is -2.08. The minimum atomic E-state index is -0.0350. The minimum Gasteiger partial charge on any atom is -0.489 e. The lowest BCUT2D eigenvalue weighted by molar-refractivity contribution is 0.278. The van der Waals surface area contributed by atoms with Crippen LogP contribution in [0.5, 0.6) is 5.75 Å². The third-order valence-corrected chi connectivity index (χ3v) is 2.42. The molecule has 0 heterocycles. The van der Waals surface area contributed by atoms with E-state index in [1.807, 2.05) is 30.3 Å². The summed E-state index contributed by atoms with van der Waals surface area (Å²) in [5.41, 5.74) is 8.16. The molecule has 0 aromatic heterocycles. The van der Waals surface area contributed by atoms with Crippen LogP contribution >= 0.6 is 0 Å². The van der Waals surface area contributed by atoms with Crippen molar-refractivity contribution in [2.45, 2.75) is 13.2 Å². The molecule has 0 saturated heterocycles. The number of anilines is 1. The molecule has 0 saturated carbocycles. The largest absolute Gasteiger partial charge is 0.489 e. The van der Waals surface area contributed by atoms with Crippen LogP contribution in [0.25, 0.3) is 0 Å². The Morgan fingerprint density at radius 1 is 1.00 bits per heavy atom. The van der Waals surface area contributed by atoms with Gasteiger partial charge in [-0.05, 0) is 23.3 Å². The zero-order chi connectivity index (χ0) is 12.1. The van der Waals surface area contributed by atoms with Crippen LogP contribution in [0.2, 0.25) is 0 Å². The lowest BCUT2D eigenvalue weighted by Crippen LogP contribution is -1.97. The molecule has 0 aliphatic rings. The van der Waals surface area contributed by atoms with E-state index in [1.165, 1.54) is 0 Å². The van der Waals surface area contributed by atoms with Crippen molar-refractivity contribution in [1.29, 1.82) is 0 Å². The Labute approximate surface area is 100 Å². The van der Waals surface area contributed by atoms with E-state index in [1.54, 1.807) is 18.2 Å². The molecule has 2 aromatic carbocycles. The third kappa shape index (κ3) is 3.23. The van der Waals surface area contributed by atoms with E-state index in [-0.39, 0.29) is 6.61 Å². The second kappa shape index (κ2) is 5.37. The normalized spacial score (nSPS) is 10.2. The van der Waals surface area contributed by atoms with Crippen molar-refractivity contribution in [3.63, 3.8) is 0 Å². The highest BCUT2D eigenvalue weighted by molar-refractivity contribution is 5.47. The SMILES string of the molecule is Nc1cc(CO)cc(OCc2ccccc2)c1. The van der Waals surface area contributed by atoms with Gasteiger partial charge in [0.2, 0.25) is 0 Å². The molecule has 0 radical (unpaired) electrons. The number of rotatable bonds is 4. The van der Waals surface area contributed by atoms with Gasteiger partial charge in [-0.15, -0.1) is 0 Å². The first-order valence-corrected chi connectivity index (χ1v) is 5.45. The molecule has 2 rings (SSSR count). The van der Waals surface area contributed by atoms with Gasteiger partial charge in [-0.2, -0.15) is 0 Å². The van der Waals surface area contributed by atoms with Gasteiger partial charge in [0.05, 0.1) is 6.61 Å². The van der Waals surface area contributed by atoms with Gasteiger partial charge in [-0.25, -0.2) is 0 Å². The highest BCUT2D eigenvalue weighted by Gasteiger charge is 2.00. The van der Waals surface area contributed by atoms with Crippen molar-refractivity contribution in [3.05, 3.63) is 59.7 Å². The topological polar surface area (TPSA) is 55.5 Å². The van der Waals surface area contributed by atoms with Gasteiger partial charge >= 0.3 is 0 Å². The van der Waals surface area contributed by atoms with E-state index in [9.17, 15) is 0 Å². The second-order valence-corrected chi connectivity index (χ2v) is 3.84. The number of ether oxygens (including phenoxy) is 1. The molecule has 2 aromatic rings. The van der Waals surface area contributed by atoms with E-state index in [4.69, 9.17) is 15.6 Å². The van der Waals surface area contributed by atoms with Crippen molar-refractivity contribution in [2.24, 2.45) is 0 Å². The van der Waals surface area contributed by atoms with Crippen LogP contribution in [0.1, 0.15) is 11.1 Å². The van der Waals surface area contributed by atoms with Gasteiger partial charge < -0.3 is 15.6 Å². The Kier molecular flexibility index (Phi) is 3.62. The fourth-order valence-corrected chi connectivity index (χ4v) is 1.60. The van der Waals surface area contributed by atoms with Crippen molar-refractivity contribution in [1.82, 2.24) is 0 Å². The molecule has 3 N–H and O–H groups in total. The number of benzene rings is 2. The van der Waals surface area contributed by atoms with E-state index >= 15 is 0 Å². The maximum Gasteiger partial charge on any atom is 0.122 e. The molecule has 3 nitrogen and oxygen atoms in total. The maximum absolute atomic E-state index is 9.06. The first-order chi connectivity index (χ1) is 8.28. The average Bonchev–Trinajstić information content (AvgIpc) is 2.37. The highest BCUT2D eigenvalue weighted by atomic mass is 16.5. The predicted molar refractivity (Wildman–Crippen MR) is 67.6 cm³/mol. The molecule has 0 atom stereocenters. The van der Waals surface area contributed by atoms with Crippen LogP contribution in [-0.2, 0) is 13.2 Å². The molecule has 0 spiro atoms. The van der Waals surface area contributed by atoms with Gasteiger partial charge in [-0.3, -0.25) is 0 Å². The summed E-state index contributed by atoms with van der Waals surface area (Å²) in [7, 11) is 0. The fraction of sp³-hybridized carbons (Fsp3) is 0.143. The maximum atomic E-state index is 9.06. The van der Waals surface area contributed by atoms with Crippen LogP contribution in [0.4, 0.5) is 5.69 Å². The second-order valence-electron chi connectivity index (χ2n) is 3.84. The van der Waals surface area contributed by atoms with Gasteiger partial charge in [-0.1, -0.05) is 30.3 Å². The summed E-state index contributed by atoms with van der Waals surface area (Å²) in [5.74, 6) is 0.679. The Morgan fingerprint density at radius 3 is 2.47 bits per heavy atom. The van der Waals surface area contributed by atoms with Crippen molar-refractivity contribution in [3.8, 4) is 5.75 Å². The molecule has 0 bridgehead atoms. The Bertz CT molecular complexity index is 483. The van der Waals surface area contributed by atoms with Crippen LogP contribution in [0, 0.1) is 0 Å². The van der Waals surface area contributed by atoms with Crippen LogP contribution in [0.15, 0.2) is 48.5 Å². The zero-order valence-electron chi connectivity index (χ0n) is 9.47. The van der Waals surface area contributed by atoms with E-state index < -0.39 is 0 Å². The number of hydrogen-bond donors (Lipinski definition) is 2. The average molecular weight is 229 g/mol. The molecule has 88 valence electrons. The predicted octanol–water partition coefficient (Wildman–Crippen LogP) is 2.34. The number of nitrogen functional groups attached to an aromatic ring is 1. The first kappa shape index (κ1) is 11.5. The van der Waals surface area contributed by atoms with Gasteiger partial charge in [0.1, 0.15) is 12.4 Å². The van der Waals surface area contributed by atoms with Crippen molar-refractivity contribution in [2.75, 3.05) is 5.73 Å². The number of nitrogens with two attached hydrogens (primary N) is 1. The number of hydrogen-bond acceptors (Lipinski definition) is 3. The molecule has 17 heavy (non-hydrogen) atoms. The molecule has 0 fully saturated rings. The van der Waals surface area contributed by atoms with Crippen molar-refractivity contribution < 1.29 is 9.84 Å². The molecule has 0 aliphatic heterocycles. The first-order valence-electron chi connectivity index (χ1n) is 5.45. The van der Waals surface area contributed by atoms with Crippen LogP contribution < -0.4 is 10.5 Å². The number of aliphatic hydroxyl groups is 1. The quantitative estimate of drug-likeness (QED) is 0.791. The summed E-state index contributed by atoms with van der Waals surface area (Å²) < 4.78 is 5.62. The van der Waals surface area contributed by atoms with E-state index in [0.717, 1.165) is 11.1 Å². The van der Waals surface area contributed by atoms with Crippen LogP contribution in [0.3, 0.4) is 0 Å². The molecule has 3 heteroatoms. The summed E-state index contributed by atoms with van der Waals surface area (Å²) in [6, 6.07) is 15.2. The fourth-order valence-electron chi connectivity index (χ4n) is 1.60. The lowest BCUT2D eigenvalue weighted by atomic mass is 10.2. The highest BCUT2D eigenvalue weighted by Crippen LogP contribution is 2.20. The Balaban J connectivity index is 2.06. The minimum absolute atomic E-state index is 0.0350. The molecular weight excluding hydrogens is 214 g/mol. The summed E-state index contributed by atoms with van der Waals surface area (Å²) in [4.78, 5) is 0. The molecule has 0 amide bonds. The molecule has 0 aliphatic carbocycles. The zero-order valence-corrected chi connectivity index (χ0v) is 9.47. The van der Waals surface area contributed by atoms with E-state index in [0.29, 0.717) is 18.0 Å². The Morgan fingerprint density at radius 2 is 1.76 bits per heavy atom. The van der Waals surface area contributed by atoms with E-state index in [2.05, 4.69) is 0 Å². The monoisotopic (exact) mass is 229 g/mol. The van der Waals surface area contributed by atoms with Crippen LogP contribution in [-0.4, -0.2) is 5.11 Å². The Hall–Kier alpha value is -2.00. The third-order valence-electron chi connectivity index (χ3n) is 2.42.